The molecule has 0 aromatic heterocycles. The van der Waals surface area contributed by atoms with E-state index in [4.69, 9.17) is 11.6 Å². The number of benzene rings is 1. The lowest BCUT2D eigenvalue weighted by molar-refractivity contribution is -0.116. The molecule has 1 amide bonds. The van der Waals surface area contributed by atoms with E-state index in [1.807, 2.05) is 6.92 Å². The maximum absolute atomic E-state index is 11.8. The zero-order valence-corrected chi connectivity index (χ0v) is 14.1. The van der Waals surface area contributed by atoms with Gasteiger partial charge in [-0.15, -0.1) is 0 Å². The Morgan fingerprint density at radius 3 is 2.62 bits per heavy atom. The topological polar surface area (TPSA) is 66.5 Å². The van der Waals surface area contributed by atoms with Crippen LogP contribution in [-0.4, -0.2) is 33.2 Å². The SMILES string of the molecule is CCCS(=O)(=O)NCCN(C(C)=O)c1cccc(Cl)c1C. The lowest BCUT2D eigenvalue weighted by atomic mass is 10.1. The number of halogens is 1. The van der Waals surface area contributed by atoms with Crippen molar-refractivity contribution >= 4 is 33.2 Å². The standard InChI is InChI=1S/C14H21ClN2O3S/c1-4-10-21(19,20)16-8-9-17(12(3)18)14-7-5-6-13(15)11(14)2/h5-7,16H,4,8-10H2,1-3H3. The second kappa shape index (κ2) is 7.77. The quantitative estimate of drug-likeness (QED) is 0.833. The molecule has 0 saturated heterocycles. The van der Waals surface area contributed by atoms with E-state index >= 15 is 0 Å². The second-order valence-corrected chi connectivity index (χ2v) is 7.10. The normalized spacial score (nSPS) is 11.4. The number of nitrogens with zero attached hydrogens (tertiary/aromatic N) is 1. The van der Waals surface area contributed by atoms with Crippen molar-refractivity contribution < 1.29 is 13.2 Å². The molecule has 0 saturated carbocycles. The van der Waals surface area contributed by atoms with Crippen LogP contribution in [0.5, 0.6) is 0 Å². The number of anilines is 1. The van der Waals surface area contributed by atoms with Crippen molar-refractivity contribution in [3.05, 3.63) is 28.8 Å². The summed E-state index contributed by atoms with van der Waals surface area (Å²) in [6.45, 7) is 5.51. The number of nitrogens with one attached hydrogen (secondary N) is 1. The molecule has 1 rings (SSSR count). The molecule has 0 heterocycles. The van der Waals surface area contributed by atoms with Gasteiger partial charge in [-0.2, -0.15) is 0 Å². The largest absolute Gasteiger partial charge is 0.311 e. The smallest absolute Gasteiger partial charge is 0.223 e. The first-order chi connectivity index (χ1) is 9.78. The molecule has 0 atom stereocenters. The summed E-state index contributed by atoms with van der Waals surface area (Å²) < 4.78 is 25.7. The number of hydrogen-bond acceptors (Lipinski definition) is 3. The molecular weight excluding hydrogens is 312 g/mol. The second-order valence-electron chi connectivity index (χ2n) is 4.77. The number of hydrogen-bond donors (Lipinski definition) is 1. The fourth-order valence-corrected chi connectivity index (χ4v) is 3.24. The molecule has 1 aromatic rings. The molecule has 1 aromatic carbocycles. The number of sulfonamides is 1. The Kier molecular flexibility index (Phi) is 6.64. The summed E-state index contributed by atoms with van der Waals surface area (Å²) in [6, 6.07) is 5.31. The summed E-state index contributed by atoms with van der Waals surface area (Å²) in [5.74, 6) is -0.0708. The van der Waals surface area contributed by atoms with Crippen molar-refractivity contribution in [2.24, 2.45) is 0 Å². The van der Waals surface area contributed by atoms with Gasteiger partial charge in [0.15, 0.2) is 0 Å². The molecule has 118 valence electrons. The van der Waals surface area contributed by atoms with Gasteiger partial charge < -0.3 is 4.90 Å². The molecule has 0 aliphatic carbocycles. The number of carbonyl (C=O) groups excluding carboxylic acids is 1. The molecule has 7 heteroatoms. The van der Waals surface area contributed by atoms with Gasteiger partial charge >= 0.3 is 0 Å². The average Bonchev–Trinajstić information content (AvgIpc) is 2.38. The highest BCUT2D eigenvalue weighted by Gasteiger charge is 2.16. The summed E-state index contributed by atoms with van der Waals surface area (Å²) in [6.07, 6.45) is 0.555. The van der Waals surface area contributed by atoms with Gasteiger partial charge in [0.05, 0.1) is 5.75 Å². The predicted octanol–water partition coefficient (Wildman–Crippen LogP) is 2.33. The van der Waals surface area contributed by atoms with Gasteiger partial charge in [0, 0.05) is 30.7 Å². The van der Waals surface area contributed by atoms with Crippen LogP contribution in [0.25, 0.3) is 0 Å². The fraction of sp³-hybridized carbons (Fsp3) is 0.500. The maximum atomic E-state index is 11.8. The highest BCUT2D eigenvalue weighted by molar-refractivity contribution is 7.89. The van der Waals surface area contributed by atoms with Crippen molar-refractivity contribution in [3.8, 4) is 0 Å². The van der Waals surface area contributed by atoms with Gasteiger partial charge in [-0.25, -0.2) is 13.1 Å². The highest BCUT2D eigenvalue weighted by Crippen LogP contribution is 2.26. The van der Waals surface area contributed by atoms with Crippen molar-refractivity contribution in [1.29, 1.82) is 0 Å². The first-order valence-corrected chi connectivity index (χ1v) is 8.82. The van der Waals surface area contributed by atoms with Gasteiger partial charge in [-0.3, -0.25) is 4.79 Å². The van der Waals surface area contributed by atoms with E-state index in [-0.39, 0.29) is 24.7 Å². The first kappa shape index (κ1) is 17.9. The third-order valence-corrected chi connectivity index (χ3v) is 5.04. The van der Waals surface area contributed by atoms with Gasteiger partial charge in [-0.1, -0.05) is 24.6 Å². The summed E-state index contributed by atoms with van der Waals surface area (Å²) in [5, 5.41) is 0.574. The van der Waals surface area contributed by atoms with Gasteiger partial charge in [0.1, 0.15) is 0 Å². The zero-order valence-electron chi connectivity index (χ0n) is 12.5. The lowest BCUT2D eigenvalue weighted by Gasteiger charge is -2.23. The Bertz CT molecular complexity index is 602. The third-order valence-electron chi connectivity index (χ3n) is 3.04. The van der Waals surface area contributed by atoms with Crippen LogP contribution in [0.15, 0.2) is 18.2 Å². The minimum Gasteiger partial charge on any atom is -0.311 e. The van der Waals surface area contributed by atoms with E-state index in [0.29, 0.717) is 17.1 Å². The Labute approximate surface area is 131 Å². The molecule has 0 radical (unpaired) electrons. The summed E-state index contributed by atoms with van der Waals surface area (Å²) in [7, 11) is -3.27. The zero-order chi connectivity index (χ0) is 16.0. The monoisotopic (exact) mass is 332 g/mol. The average molecular weight is 333 g/mol. The Morgan fingerprint density at radius 2 is 2.05 bits per heavy atom. The molecule has 21 heavy (non-hydrogen) atoms. The summed E-state index contributed by atoms with van der Waals surface area (Å²) in [4.78, 5) is 13.3. The van der Waals surface area contributed by atoms with E-state index in [1.165, 1.54) is 11.8 Å². The van der Waals surface area contributed by atoms with Crippen LogP contribution >= 0.6 is 11.6 Å². The maximum Gasteiger partial charge on any atom is 0.223 e. The number of carbonyl (C=O) groups is 1. The van der Waals surface area contributed by atoms with E-state index < -0.39 is 10.0 Å². The van der Waals surface area contributed by atoms with Gasteiger partial charge in [-0.05, 0) is 31.0 Å². The minimum atomic E-state index is -3.27. The van der Waals surface area contributed by atoms with Crippen LogP contribution in [0.4, 0.5) is 5.69 Å². The summed E-state index contributed by atoms with van der Waals surface area (Å²) >= 11 is 6.06. The fourth-order valence-electron chi connectivity index (χ4n) is 1.99. The van der Waals surface area contributed by atoms with Crippen LogP contribution in [0.3, 0.4) is 0 Å². The van der Waals surface area contributed by atoms with E-state index in [2.05, 4.69) is 4.72 Å². The van der Waals surface area contributed by atoms with Crippen LogP contribution in [0.2, 0.25) is 5.02 Å². The molecule has 0 aliphatic heterocycles. The van der Waals surface area contributed by atoms with Crippen LogP contribution in [-0.2, 0) is 14.8 Å². The molecule has 1 N–H and O–H groups in total. The van der Waals surface area contributed by atoms with Gasteiger partial charge in [0.25, 0.3) is 0 Å². The van der Waals surface area contributed by atoms with E-state index in [0.717, 1.165) is 5.56 Å². The Hall–Kier alpha value is -1.11. The molecule has 0 aliphatic rings. The predicted molar refractivity (Wildman–Crippen MR) is 86.3 cm³/mol. The minimum absolute atomic E-state index is 0.0866. The Balaban J connectivity index is 2.81. The van der Waals surface area contributed by atoms with Crippen molar-refractivity contribution in [2.45, 2.75) is 27.2 Å². The van der Waals surface area contributed by atoms with Crippen molar-refractivity contribution in [1.82, 2.24) is 4.72 Å². The molecule has 5 nitrogen and oxygen atoms in total. The van der Waals surface area contributed by atoms with Crippen molar-refractivity contribution in [3.63, 3.8) is 0 Å². The first-order valence-electron chi connectivity index (χ1n) is 6.79. The molecule has 0 spiro atoms. The third kappa shape index (κ3) is 5.30. The number of amides is 1. The highest BCUT2D eigenvalue weighted by atomic mass is 35.5. The van der Waals surface area contributed by atoms with Crippen LogP contribution in [0.1, 0.15) is 25.8 Å². The molecule has 0 fully saturated rings. The lowest BCUT2D eigenvalue weighted by Crippen LogP contribution is -2.38. The molecule has 0 unspecified atom stereocenters. The number of rotatable bonds is 7. The van der Waals surface area contributed by atoms with E-state index in [9.17, 15) is 13.2 Å². The van der Waals surface area contributed by atoms with Crippen LogP contribution in [0, 0.1) is 6.92 Å². The van der Waals surface area contributed by atoms with Crippen molar-refractivity contribution in [2.75, 3.05) is 23.7 Å². The molecule has 0 bridgehead atoms. The van der Waals surface area contributed by atoms with Crippen LogP contribution < -0.4 is 9.62 Å². The summed E-state index contributed by atoms with van der Waals surface area (Å²) in [5.41, 5.74) is 1.50. The molecular formula is C14H21ClN2O3S. The van der Waals surface area contributed by atoms with E-state index in [1.54, 1.807) is 25.1 Å². The Morgan fingerprint density at radius 1 is 1.38 bits per heavy atom. The van der Waals surface area contributed by atoms with Gasteiger partial charge in [0.2, 0.25) is 15.9 Å².